The van der Waals surface area contributed by atoms with Crippen LogP contribution in [-0.4, -0.2) is 59.7 Å². The Morgan fingerprint density at radius 2 is 1.84 bits per heavy atom. The average Bonchev–Trinajstić information content (AvgIpc) is 3.50. The molecule has 38 heavy (non-hydrogen) atoms. The van der Waals surface area contributed by atoms with Crippen LogP contribution in [-0.2, 0) is 25.5 Å². The summed E-state index contributed by atoms with van der Waals surface area (Å²) in [6.45, 7) is 6.04. The Hall–Kier alpha value is -3.05. The molecule has 2 fully saturated rings. The lowest BCUT2D eigenvalue weighted by Crippen LogP contribution is -2.57. The molecule has 1 saturated heterocycles. The molecule has 0 spiro atoms. The highest BCUT2D eigenvalue weighted by molar-refractivity contribution is 5.92. The molecule has 2 N–H and O–H groups in total. The minimum atomic E-state index is -0.711. The monoisotopic (exact) mass is 523 g/mol. The second-order valence-corrected chi connectivity index (χ2v) is 11.7. The zero-order valence-corrected chi connectivity index (χ0v) is 22.8. The molecule has 0 radical (unpaired) electrons. The van der Waals surface area contributed by atoms with E-state index in [4.69, 9.17) is 15.9 Å². The largest absolute Gasteiger partial charge is 0.444 e. The van der Waals surface area contributed by atoms with Crippen LogP contribution in [0.4, 0.5) is 4.79 Å². The summed E-state index contributed by atoms with van der Waals surface area (Å²) in [5.41, 5.74) is 1.47. The lowest BCUT2D eigenvalue weighted by atomic mass is 9.83. The van der Waals surface area contributed by atoms with E-state index in [-0.39, 0.29) is 36.5 Å². The number of nitrogens with one attached hydrogen (secondary N) is 2. The van der Waals surface area contributed by atoms with Gasteiger partial charge in [0.25, 0.3) is 0 Å². The summed E-state index contributed by atoms with van der Waals surface area (Å²) in [7, 11) is 0. The van der Waals surface area contributed by atoms with Crippen LogP contribution in [0.3, 0.4) is 0 Å². The fourth-order valence-corrected chi connectivity index (χ4v) is 6.05. The number of benzene rings is 1. The predicted octanol–water partition coefficient (Wildman–Crippen LogP) is 3.88. The quantitative estimate of drug-likeness (QED) is 0.529. The molecule has 2 aliphatic carbocycles. The van der Waals surface area contributed by atoms with E-state index in [1.165, 1.54) is 0 Å². The summed E-state index contributed by atoms with van der Waals surface area (Å²) in [5.74, 6) is 2.13. The summed E-state index contributed by atoms with van der Waals surface area (Å²) < 4.78 is 11.4. The number of hydrogen-bond acceptors (Lipinski definition) is 5. The summed E-state index contributed by atoms with van der Waals surface area (Å²) in [4.78, 5) is 41.9. The van der Waals surface area contributed by atoms with Crippen molar-refractivity contribution in [2.45, 2.75) is 102 Å². The van der Waals surface area contributed by atoms with Gasteiger partial charge in [0, 0.05) is 13.0 Å². The first kappa shape index (κ1) is 28.0. The molecule has 8 heteroatoms. The first-order valence-corrected chi connectivity index (χ1v) is 13.9. The van der Waals surface area contributed by atoms with Crippen LogP contribution >= 0.6 is 0 Å². The Labute approximate surface area is 226 Å². The Balaban J connectivity index is 1.50. The second-order valence-electron chi connectivity index (χ2n) is 11.7. The van der Waals surface area contributed by atoms with Gasteiger partial charge < -0.3 is 25.0 Å². The van der Waals surface area contributed by atoms with Crippen LogP contribution in [0.1, 0.15) is 82.9 Å². The summed E-state index contributed by atoms with van der Waals surface area (Å²) >= 11 is 0. The van der Waals surface area contributed by atoms with Crippen molar-refractivity contribution in [3.05, 3.63) is 35.4 Å². The van der Waals surface area contributed by atoms with E-state index in [1.807, 2.05) is 24.3 Å². The van der Waals surface area contributed by atoms with Crippen LogP contribution in [0.2, 0.25) is 0 Å². The first-order chi connectivity index (χ1) is 18.2. The molecule has 0 unspecified atom stereocenters. The van der Waals surface area contributed by atoms with E-state index in [2.05, 4.69) is 16.6 Å². The smallest absolute Gasteiger partial charge is 0.408 e. The first-order valence-electron chi connectivity index (χ1n) is 13.9. The van der Waals surface area contributed by atoms with E-state index in [0.29, 0.717) is 19.4 Å². The average molecular weight is 524 g/mol. The SMILES string of the molecule is C#CCO[C@@H]1Cc2ccccc2[C@@H]1NC(=O)[C@@H]1CCCN1C(=O)[C@@H](NC(=O)OC(C)(C)C)C1CCCCC1. The maximum absolute atomic E-state index is 13.9. The van der Waals surface area contributed by atoms with Gasteiger partial charge in [-0.25, -0.2) is 4.79 Å². The van der Waals surface area contributed by atoms with Crippen LogP contribution in [0.25, 0.3) is 0 Å². The summed E-state index contributed by atoms with van der Waals surface area (Å²) in [6, 6.07) is 6.31. The molecule has 3 aliphatic rings. The van der Waals surface area contributed by atoms with Crippen LogP contribution in [0, 0.1) is 18.3 Å². The summed E-state index contributed by atoms with van der Waals surface area (Å²) in [5, 5.41) is 6.05. The van der Waals surface area contributed by atoms with E-state index in [1.54, 1.807) is 25.7 Å². The maximum Gasteiger partial charge on any atom is 0.408 e. The third kappa shape index (κ3) is 6.68. The van der Waals surface area contributed by atoms with Crippen molar-refractivity contribution in [2.75, 3.05) is 13.2 Å². The van der Waals surface area contributed by atoms with Crippen molar-refractivity contribution < 1.29 is 23.9 Å². The number of fused-ring (bicyclic) bond motifs is 1. The molecular weight excluding hydrogens is 482 g/mol. The van der Waals surface area contributed by atoms with Crippen molar-refractivity contribution in [3.63, 3.8) is 0 Å². The number of ether oxygens (including phenoxy) is 2. The number of nitrogens with zero attached hydrogens (tertiary/aromatic N) is 1. The third-order valence-electron chi connectivity index (χ3n) is 7.76. The zero-order valence-electron chi connectivity index (χ0n) is 22.8. The van der Waals surface area contributed by atoms with Crippen LogP contribution < -0.4 is 10.6 Å². The highest BCUT2D eigenvalue weighted by atomic mass is 16.6. The Morgan fingerprint density at radius 3 is 2.55 bits per heavy atom. The molecule has 1 heterocycles. The van der Waals surface area contributed by atoms with Gasteiger partial charge >= 0.3 is 6.09 Å². The number of terminal acetylenes is 1. The van der Waals surface area contributed by atoms with Crippen molar-refractivity contribution in [3.8, 4) is 12.3 Å². The van der Waals surface area contributed by atoms with Gasteiger partial charge in [0.1, 0.15) is 24.3 Å². The van der Waals surface area contributed by atoms with Crippen molar-refractivity contribution in [1.82, 2.24) is 15.5 Å². The molecule has 0 bridgehead atoms. The molecular formula is C30H41N3O5. The van der Waals surface area contributed by atoms with Crippen LogP contribution in [0.5, 0.6) is 0 Å². The fourth-order valence-electron chi connectivity index (χ4n) is 6.05. The van der Waals surface area contributed by atoms with Gasteiger partial charge in [-0.2, -0.15) is 0 Å². The molecule has 3 amide bonds. The molecule has 1 aliphatic heterocycles. The molecule has 1 saturated carbocycles. The summed E-state index contributed by atoms with van der Waals surface area (Å²) in [6.07, 6.45) is 11.4. The highest BCUT2D eigenvalue weighted by Gasteiger charge is 2.43. The van der Waals surface area contributed by atoms with Gasteiger partial charge in [0.15, 0.2) is 0 Å². The van der Waals surface area contributed by atoms with Gasteiger partial charge in [-0.3, -0.25) is 9.59 Å². The maximum atomic E-state index is 13.9. The lowest BCUT2D eigenvalue weighted by molar-refractivity contribution is -0.142. The number of amides is 3. The Kier molecular flexibility index (Phi) is 8.99. The second kappa shape index (κ2) is 12.2. The van der Waals surface area contributed by atoms with Gasteiger partial charge in [0.05, 0.1) is 12.1 Å². The minimum Gasteiger partial charge on any atom is -0.444 e. The number of carbonyl (C=O) groups is 3. The number of carbonyl (C=O) groups excluding carboxylic acids is 3. The molecule has 8 nitrogen and oxygen atoms in total. The number of hydrogen-bond donors (Lipinski definition) is 2. The van der Waals surface area contributed by atoms with Gasteiger partial charge in [0.2, 0.25) is 11.8 Å². The lowest BCUT2D eigenvalue weighted by Gasteiger charge is -2.35. The number of likely N-dealkylation sites (tertiary alicyclic amines) is 1. The van der Waals surface area contributed by atoms with Crippen molar-refractivity contribution in [1.29, 1.82) is 0 Å². The topological polar surface area (TPSA) is 97.0 Å². The molecule has 206 valence electrons. The zero-order chi connectivity index (χ0) is 27.3. The van der Waals surface area contributed by atoms with E-state index in [9.17, 15) is 14.4 Å². The van der Waals surface area contributed by atoms with Gasteiger partial charge in [-0.15, -0.1) is 6.42 Å². The van der Waals surface area contributed by atoms with E-state index in [0.717, 1.165) is 49.7 Å². The number of rotatable bonds is 7. The van der Waals surface area contributed by atoms with Crippen molar-refractivity contribution in [2.24, 2.45) is 5.92 Å². The minimum absolute atomic E-state index is 0.0244. The standard InChI is InChI=1S/C30H41N3O5/c1-5-18-37-24-19-21-14-9-10-15-22(21)26(24)31-27(34)23-16-11-17-33(23)28(35)25(20-12-7-6-8-13-20)32-29(36)38-30(2,3)4/h1,9-10,14-15,20,23-26H,6-8,11-13,16-19H2,2-4H3,(H,31,34)(H,32,36)/t23-,24+,25-,26-/m0/s1. The molecule has 4 rings (SSSR count). The van der Waals surface area contributed by atoms with Gasteiger partial charge in [-0.05, 0) is 63.5 Å². The normalized spacial score (nSPS) is 24.3. The molecule has 0 aromatic heterocycles. The number of alkyl carbamates (subject to hydrolysis) is 1. The molecule has 1 aromatic carbocycles. The van der Waals surface area contributed by atoms with Gasteiger partial charge in [-0.1, -0.05) is 49.4 Å². The van der Waals surface area contributed by atoms with E-state index < -0.39 is 23.8 Å². The Bertz CT molecular complexity index is 1050. The molecule has 4 atom stereocenters. The van der Waals surface area contributed by atoms with E-state index >= 15 is 0 Å². The molecule has 1 aromatic rings. The Morgan fingerprint density at radius 1 is 1.11 bits per heavy atom. The third-order valence-corrected chi connectivity index (χ3v) is 7.76. The predicted molar refractivity (Wildman–Crippen MR) is 144 cm³/mol. The fraction of sp³-hybridized carbons (Fsp3) is 0.633. The van der Waals surface area contributed by atoms with Crippen LogP contribution in [0.15, 0.2) is 24.3 Å². The van der Waals surface area contributed by atoms with Crippen molar-refractivity contribution >= 4 is 17.9 Å². The highest BCUT2D eigenvalue weighted by Crippen LogP contribution is 2.34.